The lowest BCUT2D eigenvalue weighted by Crippen LogP contribution is -1.92. The highest BCUT2D eigenvalue weighted by atomic mass is 16.6. The van der Waals surface area contributed by atoms with Gasteiger partial charge in [0.05, 0.1) is 7.11 Å². The Morgan fingerprint density at radius 1 is 1.43 bits per heavy atom. The monoisotopic (exact) mass is 103 g/mol. The maximum Gasteiger partial charge on any atom is 0.222 e. The smallest absolute Gasteiger partial charge is 0.222 e. The highest BCUT2D eigenvalue weighted by Crippen LogP contribution is 1.75. The standard InChI is InChI=1S/C4H9NO2/c1-4(6-2)5-7-3/h1-3H3/b5-4-. The molecule has 0 heterocycles. The largest absolute Gasteiger partial charge is 0.482 e. The van der Waals surface area contributed by atoms with Gasteiger partial charge < -0.3 is 9.57 Å². The molecular formula is C4H9NO2. The molecule has 0 saturated heterocycles. The molecule has 0 saturated carbocycles. The Kier molecular flexibility index (Phi) is 3.10. The molecule has 42 valence electrons. The third-order valence-corrected chi connectivity index (χ3v) is 0.515. The van der Waals surface area contributed by atoms with Gasteiger partial charge in [-0.3, -0.25) is 0 Å². The molecule has 0 bridgehead atoms. The van der Waals surface area contributed by atoms with Crippen molar-refractivity contribution in [3.8, 4) is 0 Å². The van der Waals surface area contributed by atoms with Gasteiger partial charge in [0.25, 0.3) is 0 Å². The van der Waals surface area contributed by atoms with Crippen LogP contribution in [0.2, 0.25) is 0 Å². The van der Waals surface area contributed by atoms with Gasteiger partial charge in [-0.05, 0) is 0 Å². The van der Waals surface area contributed by atoms with Crippen molar-refractivity contribution >= 4 is 5.90 Å². The van der Waals surface area contributed by atoms with E-state index in [-0.39, 0.29) is 0 Å². The van der Waals surface area contributed by atoms with E-state index in [1.54, 1.807) is 6.92 Å². The Hall–Kier alpha value is -0.730. The lowest BCUT2D eigenvalue weighted by atomic mass is 10.8. The lowest BCUT2D eigenvalue weighted by Gasteiger charge is -1.92. The molecule has 0 atom stereocenters. The van der Waals surface area contributed by atoms with E-state index in [2.05, 4.69) is 14.7 Å². The molecule has 0 spiro atoms. The summed E-state index contributed by atoms with van der Waals surface area (Å²) in [6.07, 6.45) is 0. The molecule has 0 radical (unpaired) electrons. The van der Waals surface area contributed by atoms with E-state index in [1.165, 1.54) is 14.2 Å². The predicted octanol–water partition coefficient (Wildman–Crippen LogP) is 0.613. The average Bonchev–Trinajstić information content (AvgIpc) is 1.68. The Morgan fingerprint density at radius 2 is 2.00 bits per heavy atom. The zero-order valence-corrected chi connectivity index (χ0v) is 4.76. The summed E-state index contributed by atoms with van der Waals surface area (Å²) in [7, 11) is 3.01. The van der Waals surface area contributed by atoms with E-state index in [1.807, 2.05) is 0 Å². The van der Waals surface area contributed by atoms with Crippen LogP contribution in [-0.4, -0.2) is 20.1 Å². The van der Waals surface area contributed by atoms with Crippen LogP contribution in [0.5, 0.6) is 0 Å². The highest BCUT2D eigenvalue weighted by Gasteiger charge is 1.79. The van der Waals surface area contributed by atoms with Crippen LogP contribution >= 0.6 is 0 Å². The summed E-state index contributed by atoms with van der Waals surface area (Å²) in [4.78, 5) is 4.36. The van der Waals surface area contributed by atoms with E-state index < -0.39 is 0 Å². The second-order valence-corrected chi connectivity index (χ2v) is 0.997. The molecule has 7 heavy (non-hydrogen) atoms. The molecule has 0 amide bonds. The highest BCUT2D eigenvalue weighted by molar-refractivity contribution is 5.72. The third-order valence-electron chi connectivity index (χ3n) is 0.515. The first kappa shape index (κ1) is 6.27. The molecule has 0 N–H and O–H groups in total. The number of ether oxygens (including phenoxy) is 1. The van der Waals surface area contributed by atoms with E-state index in [4.69, 9.17) is 0 Å². The minimum Gasteiger partial charge on any atom is -0.482 e. The van der Waals surface area contributed by atoms with Crippen molar-refractivity contribution in [2.75, 3.05) is 14.2 Å². The zero-order chi connectivity index (χ0) is 5.70. The molecule has 0 aliphatic rings. The summed E-state index contributed by atoms with van der Waals surface area (Å²) in [6, 6.07) is 0. The van der Waals surface area contributed by atoms with Gasteiger partial charge in [0.2, 0.25) is 5.90 Å². The topological polar surface area (TPSA) is 30.8 Å². The molecule has 0 aliphatic carbocycles. The van der Waals surface area contributed by atoms with Crippen molar-refractivity contribution in [2.24, 2.45) is 5.16 Å². The van der Waals surface area contributed by atoms with Crippen LogP contribution in [0.15, 0.2) is 5.16 Å². The number of rotatable bonds is 1. The zero-order valence-electron chi connectivity index (χ0n) is 4.76. The summed E-state index contributed by atoms with van der Waals surface area (Å²) < 4.78 is 4.62. The van der Waals surface area contributed by atoms with Crippen molar-refractivity contribution < 1.29 is 9.57 Å². The molecule has 3 nitrogen and oxygen atoms in total. The maximum atomic E-state index is 4.62. The van der Waals surface area contributed by atoms with Gasteiger partial charge in [0, 0.05) is 6.92 Å². The third kappa shape index (κ3) is 3.09. The Bertz CT molecular complexity index is 70.1. The van der Waals surface area contributed by atoms with Crippen LogP contribution in [0.1, 0.15) is 6.92 Å². The van der Waals surface area contributed by atoms with E-state index >= 15 is 0 Å². The Balaban J connectivity index is 3.29. The number of hydrogen-bond acceptors (Lipinski definition) is 3. The van der Waals surface area contributed by atoms with Crippen LogP contribution in [0.25, 0.3) is 0 Å². The molecule has 3 heteroatoms. The molecule has 0 unspecified atom stereocenters. The van der Waals surface area contributed by atoms with Gasteiger partial charge in [-0.15, -0.1) is 0 Å². The van der Waals surface area contributed by atoms with Crippen molar-refractivity contribution in [1.82, 2.24) is 0 Å². The van der Waals surface area contributed by atoms with Gasteiger partial charge >= 0.3 is 0 Å². The van der Waals surface area contributed by atoms with Gasteiger partial charge in [0.1, 0.15) is 7.11 Å². The average molecular weight is 103 g/mol. The van der Waals surface area contributed by atoms with E-state index in [0.29, 0.717) is 5.90 Å². The second kappa shape index (κ2) is 3.46. The van der Waals surface area contributed by atoms with Gasteiger partial charge in [-0.2, -0.15) is 0 Å². The van der Waals surface area contributed by atoms with Gasteiger partial charge in [-0.1, -0.05) is 5.16 Å². The summed E-state index contributed by atoms with van der Waals surface area (Å²) in [5, 5.41) is 3.44. The molecular weight excluding hydrogens is 94.0 g/mol. The first-order valence-corrected chi connectivity index (χ1v) is 1.93. The van der Waals surface area contributed by atoms with Crippen molar-refractivity contribution in [3.63, 3.8) is 0 Å². The number of nitrogens with zero attached hydrogens (tertiary/aromatic N) is 1. The van der Waals surface area contributed by atoms with Crippen molar-refractivity contribution in [3.05, 3.63) is 0 Å². The van der Waals surface area contributed by atoms with Gasteiger partial charge in [-0.25, -0.2) is 0 Å². The molecule has 0 rings (SSSR count). The van der Waals surface area contributed by atoms with Crippen molar-refractivity contribution in [1.29, 1.82) is 0 Å². The summed E-state index contributed by atoms with van der Waals surface area (Å²) in [5.41, 5.74) is 0. The van der Waals surface area contributed by atoms with E-state index in [9.17, 15) is 0 Å². The minimum absolute atomic E-state index is 0.530. The van der Waals surface area contributed by atoms with Crippen LogP contribution in [0, 0.1) is 0 Å². The SMILES string of the molecule is CO/N=C(/C)OC. The van der Waals surface area contributed by atoms with Crippen LogP contribution in [0.3, 0.4) is 0 Å². The maximum absolute atomic E-state index is 4.62. The molecule has 0 aliphatic heterocycles. The normalized spacial score (nSPS) is 11.0. The fraction of sp³-hybridized carbons (Fsp3) is 0.750. The molecule has 0 fully saturated rings. The first-order valence-electron chi connectivity index (χ1n) is 1.93. The Labute approximate surface area is 42.9 Å². The summed E-state index contributed by atoms with van der Waals surface area (Å²) in [6.45, 7) is 1.71. The van der Waals surface area contributed by atoms with Crippen LogP contribution < -0.4 is 0 Å². The Morgan fingerprint density at radius 3 is 2.14 bits per heavy atom. The van der Waals surface area contributed by atoms with Crippen LogP contribution in [-0.2, 0) is 9.57 Å². The quantitative estimate of drug-likeness (QED) is 0.276. The first-order chi connectivity index (χ1) is 3.31. The second-order valence-electron chi connectivity index (χ2n) is 0.997. The lowest BCUT2D eigenvalue weighted by molar-refractivity contribution is 0.198. The van der Waals surface area contributed by atoms with Crippen molar-refractivity contribution in [2.45, 2.75) is 6.92 Å². The number of oxime groups is 1. The van der Waals surface area contributed by atoms with Crippen LogP contribution in [0.4, 0.5) is 0 Å². The fourth-order valence-corrected chi connectivity index (χ4v) is 0.166. The minimum atomic E-state index is 0.530. The summed E-state index contributed by atoms with van der Waals surface area (Å²) in [5.74, 6) is 0.530. The number of methoxy groups -OCH3 is 1. The number of hydrogen-bond donors (Lipinski definition) is 0. The fourth-order valence-electron chi connectivity index (χ4n) is 0.166. The van der Waals surface area contributed by atoms with Gasteiger partial charge in [0.15, 0.2) is 0 Å². The molecule has 0 aromatic carbocycles. The predicted molar refractivity (Wildman–Crippen MR) is 27.1 cm³/mol. The molecule has 0 aromatic rings. The summed E-state index contributed by atoms with van der Waals surface area (Å²) >= 11 is 0. The van der Waals surface area contributed by atoms with E-state index in [0.717, 1.165) is 0 Å². The molecule has 0 aromatic heterocycles.